The van der Waals surface area contributed by atoms with Crippen molar-refractivity contribution in [2.45, 2.75) is 6.92 Å². The molecule has 0 aliphatic rings. The molecule has 0 saturated carbocycles. The van der Waals surface area contributed by atoms with Crippen LogP contribution in [0.2, 0.25) is 0 Å². The normalized spacial score (nSPS) is 10.4. The lowest BCUT2D eigenvalue weighted by molar-refractivity contribution is 1.17. The summed E-state index contributed by atoms with van der Waals surface area (Å²) in [6, 6.07) is 6.34. The third kappa shape index (κ3) is 2.47. The molecule has 0 aliphatic carbocycles. The first-order valence-corrected chi connectivity index (χ1v) is 5.95. The Morgan fingerprint density at radius 1 is 0.579 bits per heavy atom. The van der Waals surface area contributed by atoms with E-state index in [1.54, 1.807) is 0 Å². The summed E-state index contributed by atoms with van der Waals surface area (Å²) in [7, 11) is 0. The minimum atomic E-state index is 1.00. The summed E-state index contributed by atoms with van der Waals surface area (Å²) in [6.45, 7) is 2.07. The van der Waals surface area contributed by atoms with Crippen molar-refractivity contribution in [1.82, 2.24) is 19.9 Å². The summed E-state index contributed by atoms with van der Waals surface area (Å²) in [5, 5.41) is 0. The van der Waals surface area contributed by atoms with E-state index in [0.29, 0.717) is 0 Å². The highest BCUT2D eigenvalue weighted by Gasteiger charge is 2.04. The second-order valence-corrected chi connectivity index (χ2v) is 4.34. The predicted octanol–water partition coefficient (Wildman–Crippen LogP) is 2.91. The lowest BCUT2D eigenvalue weighted by Crippen LogP contribution is -1.87. The van der Waals surface area contributed by atoms with Gasteiger partial charge in [-0.25, -0.2) is 19.9 Å². The van der Waals surface area contributed by atoms with Crippen LogP contribution in [0.5, 0.6) is 0 Å². The van der Waals surface area contributed by atoms with Gasteiger partial charge >= 0.3 is 0 Å². The average molecular weight is 248 g/mol. The molecular weight excluding hydrogens is 236 g/mol. The SMILES string of the molecule is Cc1cc(-c2cncnc2)cc(-c2cncnc2)c1. The number of hydrogen-bond acceptors (Lipinski definition) is 4. The summed E-state index contributed by atoms with van der Waals surface area (Å²) >= 11 is 0. The van der Waals surface area contributed by atoms with Gasteiger partial charge in [0.15, 0.2) is 0 Å². The lowest BCUT2D eigenvalue weighted by atomic mass is 9.99. The minimum Gasteiger partial charge on any atom is -0.244 e. The van der Waals surface area contributed by atoms with Crippen molar-refractivity contribution in [3.63, 3.8) is 0 Å². The van der Waals surface area contributed by atoms with Crippen molar-refractivity contribution in [3.8, 4) is 22.3 Å². The number of hydrogen-bond donors (Lipinski definition) is 0. The van der Waals surface area contributed by atoms with Crippen LogP contribution >= 0.6 is 0 Å². The van der Waals surface area contributed by atoms with Crippen molar-refractivity contribution in [1.29, 1.82) is 0 Å². The fraction of sp³-hybridized carbons (Fsp3) is 0.0667. The smallest absolute Gasteiger partial charge is 0.115 e. The Bertz CT molecular complexity index is 623. The van der Waals surface area contributed by atoms with Crippen LogP contribution in [0.25, 0.3) is 22.3 Å². The molecular formula is C15H12N4. The van der Waals surface area contributed by atoms with Gasteiger partial charge in [-0.3, -0.25) is 0 Å². The van der Waals surface area contributed by atoms with Crippen molar-refractivity contribution in [3.05, 3.63) is 61.2 Å². The van der Waals surface area contributed by atoms with Gasteiger partial charge in [0.1, 0.15) is 12.7 Å². The third-order valence-electron chi connectivity index (χ3n) is 2.87. The molecule has 2 aromatic heterocycles. The van der Waals surface area contributed by atoms with Gasteiger partial charge in [-0.05, 0) is 29.7 Å². The predicted molar refractivity (Wildman–Crippen MR) is 73.2 cm³/mol. The molecule has 1 aromatic carbocycles. The Morgan fingerprint density at radius 3 is 1.42 bits per heavy atom. The molecule has 0 fully saturated rings. The van der Waals surface area contributed by atoms with E-state index in [1.807, 2.05) is 24.8 Å². The number of benzene rings is 1. The summed E-state index contributed by atoms with van der Waals surface area (Å²) < 4.78 is 0. The van der Waals surface area contributed by atoms with Crippen molar-refractivity contribution >= 4 is 0 Å². The van der Waals surface area contributed by atoms with E-state index in [2.05, 4.69) is 45.1 Å². The highest BCUT2D eigenvalue weighted by atomic mass is 14.8. The highest BCUT2D eigenvalue weighted by molar-refractivity contribution is 5.72. The number of nitrogens with zero attached hydrogens (tertiary/aromatic N) is 4. The maximum atomic E-state index is 4.06. The molecule has 0 saturated heterocycles. The molecule has 0 spiro atoms. The summed E-state index contributed by atoms with van der Waals surface area (Å²) in [6.07, 6.45) is 10.3. The Balaban J connectivity index is 2.12. The van der Waals surface area contributed by atoms with Gasteiger partial charge in [0.25, 0.3) is 0 Å². The van der Waals surface area contributed by atoms with Gasteiger partial charge < -0.3 is 0 Å². The molecule has 3 rings (SSSR count). The second-order valence-electron chi connectivity index (χ2n) is 4.34. The number of aromatic nitrogens is 4. The fourth-order valence-corrected chi connectivity index (χ4v) is 2.01. The maximum absolute atomic E-state index is 4.06. The van der Waals surface area contributed by atoms with E-state index in [9.17, 15) is 0 Å². The van der Waals surface area contributed by atoms with Crippen molar-refractivity contribution < 1.29 is 0 Å². The van der Waals surface area contributed by atoms with Crippen LogP contribution < -0.4 is 0 Å². The van der Waals surface area contributed by atoms with E-state index in [-0.39, 0.29) is 0 Å². The van der Waals surface area contributed by atoms with E-state index in [1.165, 1.54) is 18.2 Å². The number of rotatable bonds is 2. The molecule has 0 N–H and O–H groups in total. The molecule has 0 unspecified atom stereocenters. The Hall–Kier alpha value is -2.62. The Morgan fingerprint density at radius 2 is 1.00 bits per heavy atom. The fourth-order valence-electron chi connectivity index (χ4n) is 2.01. The molecule has 0 amide bonds. The molecule has 0 radical (unpaired) electrons. The molecule has 2 heterocycles. The topological polar surface area (TPSA) is 51.6 Å². The quantitative estimate of drug-likeness (QED) is 0.699. The molecule has 92 valence electrons. The van der Waals surface area contributed by atoms with Crippen molar-refractivity contribution in [2.75, 3.05) is 0 Å². The van der Waals surface area contributed by atoms with Crippen LogP contribution in [-0.2, 0) is 0 Å². The summed E-state index contributed by atoms with van der Waals surface area (Å²) in [5.74, 6) is 0. The first-order valence-electron chi connectivity index (χ1n) is 5.95. The van der Waals surface area contributed by atoms with Gasteiger partial charge in [0, 0.05) is 35.9 Å². The minimum absolute atomic E-state index is 1.00. The summed E-state index contributed by atoms with van der Waals surface area (Å²) in [4.78, 5) is 16.2. The standard InChI is InChI=1S/C15H12N4/c1-11-2-12(14-5-16-9-17-6-14)4-13(3-11)15-7-18-10-19-8-15/h2-10H,1H3. The Labute approximate surface area is 111 Å². The molecule has 0 atom stereocenters. The van der Waals surface area contributed by atoms with Crippen LogP contribution in [-0.4, -0.2) is 19.9 Å². The molecule has 0 aliphatic heterocycles. The Kier molecular flexibility index (Phi) is 2.98. The van der Waals surface area contributed by atoms with E-state index < -0.39 is 0 Å². The van der Waals surface area contributed by atoms with Crippen LogP contribution in [0.15, 0.2) is 55.6 Å². The average Bonchev–Trinajstić information content (AvgIpc) is 2.48. The first-order chi connectivity index (χ1) is 9.33. The van der Waals surface area contributed by atoms with Gasteiger partial charge in [0.05, 0.1) is 0 Å². The third-order valence-corrected chi connectivity index (χ3v) is 2.87. The van der Waals surface area contributed by atoms with Gasteiger partial charge in [-0.15, -0.1) is 0 Å². The summed E-state index contributed by atoms with van der Waals surface area (Å²) in [5.41, 5.74) is 5.38. The van der Waals surface area contributed by atoms with Gasteiger partial charge in [-0.1, -0.05) is 12.1 Å². The molecule has 4 heteroatoms. The zero-order chi connectivity index (χ0) is 13.1. The van der Waals surface area contributed by atoms with Crippen LogP contribution in [0, 0.1) is 6.92 Å². The van der Waals surface area contributed by atoms with E-state index in [4.69, 9.17) is 0 Å². The van der Waals surface area contributed by atoms with E-state index >= 15 is 0 Å². The van der Waals surface area contributed by atoms with Crippen LogP contribution in [0.4, 0.5) is 0 Å². The monoisotopic (exact) mass is 248 g/mol. The zero-order valence-corrected chi connectivity index (χ0v) is 10.5. The maximum Gasteiger partial charge on any atom is 0.115 e. The second kappa shape index (κ2) is 4.94. The van der Waals surface area contributed by atoms with Crippen molar-refractivity contribution in [2.24, 2.45) is 0 Å². The molecule has 19 heavy (non-hydrogen) atoms. The lowest BCUT2D eigenvalue weighted by Gasteiger charge is -2.07. The van der Waals surface area contributed by atoms with Crippen LogP contribution in [0.3, 0.4) is 0 Å². The van der Waals surface area contributed by atoms with E-state index in [0.717, 1.165) is 22.3 Å². The number of aryl methyl sites for hydroxylation is 1. The molecule has 3 aromatic rings. The molecule has 4 nitrogen and oxygen atoms in total. The van der Waals surface area contributed by atoms with Gasteiger partial charge in [0.2, 0.25) is 0 Å². The van der Waals surface area contributed by atoms with Crippen LogP contribution in [0.1, 0.15) is 5.56 Å². The largest absolute Gasteiger partial charge is 0.244 e. The highest BCUT2D eigenvalue weighted by Crippen LogP contribution is 2.26. The van der Waals surface area contributed by atoms with Gasteiger partial charge in [-0.2, -0.15) is 0 Å². The zero-order valence-electron chi connectivity index (χ0n) is 10.5. The first kappa shape index (κ1) is 11.5. The molecule has 0 bridgehead atoms.